The van der Waals surface area contributed by atoms with Gasteiger partial charge < -0.3 is 14.6 Å². The van der Waals surface area contributed by atoms with E-state index in [0.717, 1.165) is 11.1 Å². The number of Topliss-reactive ketones (excluding diaryl/α,β-unsaturated/α-hetero) is 1. The lowest BCUT2D eigenvalue weighted by Crippen LogP contribution is -2.29. The molecule has 1 unspecified atom stereocenters. The molecule has 4 rings (SSSR count). The molecule has 214 valence electrons. The van der Waals surface area contributed by atoms with Gasteiger partial charge in [-0.15, -0.1) is 0 Å². The molecule has 41 heavy (non-hydrogen) atoms. The number of ether oxygens (including phenoxy) is 2. The third-order valence-electron chi connectivity index (χ3n) is 7.36. The van der Waals surface area contributed by atoms with Crippen molar-refractivity contribution in [2.24, 2.45) is 0 Å². The second kappa shape index (κ2) is 10.9. The first-order valence-electron chi connectivity index (χ1n) is 13.5. The number of carbonyl (C=O) groups excluding carboxylic acids is 3. The van der Waals surface area contributed by atoms with Crippen LogP contribution in [0.5, 0.6) is 5.75 Å². The highest BCUT2D eigenvalue weighted by Gasteiger charge is 2.47. The van der Waals surface area contributed by atoms with Gasteiger partial charge in [0.2, 0.25) is 0 Å². The maximum absolute atomic E-state index is 13.7. The zero-order valence-electron chi connectivity index (χ0n) is 24.9. The van der Waals surface area contributed by atoms with Crippen molar-refractivity contribution in [1.29, 1.82) is 0 Å². The second-order valence-electron chi connectivity index (χ2n) is 12.2. The molecule has 3 aromatic rings. The number of carbonyl (C=O) groups is 3. The van der Waals surface area contributed by atoms with Gasteiger partial charge in [0, 0.05) is 16.8 Å². The van der Waals surface area contributed by atoms with Crippen molar-refractivity contribution in [2.75, 3.05) is 19.1 Å². The van der Waals surface area contributed by atoms with E-state index >= 15 is 0 Å². The van der Waals surface area contributed by atoms with E-state index in [-0.39, 0.29) is 27.7 Å². The first-order chi connectivity index (χ1) is 19.2. The Bertz CT molecular complexity index is 1540. The number of esters is 1. The Balaban J connectivity index is 1.97. The lowest BCUT2D eigenvalue weighted by Gasteiger charge is -2.27. The quantitative estimate of drug-likeness (QED) is 0.163. The summed E-state index contributed by atoms with van der Waals surface area (Å²) in [4.78, 5) is 40.9. The standard InChI is InChI=1S/C34H37NO6/c1-33(2,3)23-15-12-20(13-16-23)28-27(29(36)21-14-17-26(40-7)25(19-21)34(4,5)6)30(37)31(38)35(28)24-11-9-10-22(18-24)32(39)41-8/h9-19,28,36H,1-8H3/b29-27-. The molecular formula is C34H37NO6. The maximum Gasteiger partial charge on any atom is 0.337 e. The first kappa shape index (κ1) is 29.6. The highest BCUT2D eigenvalue weighted by atomic mass is 16.5. The van der Waals surface area contributed by atoms with Crippen LogP contribution in [0.15, 0.2) is 72.3 Å². The van der Waals surface area contributed by atoms with Gasteiger partial charge in [0.05, 0.1) is 31.4 Å². The van der Waals surface area contributed by atoms with Crippen molar-refractivity contribution < 1.29 is 29.0 Å². The molecule has 0 aromatic heterocycles. The summed E-state index contributed by atoms with van der Waals surface area (Å²) in [7, 11) is 2.86. The number of rotatable bonds is 5. The van der Waals surface area contributed by atoms with Crippen LogP contribution in [0.2, 0.25) is 0 Å². The lowest BCUT2D eigenvalue weighted by molar-refractivity contribution is -0.132. The van der Waals surface area contributed by atoms with Crippen LogP contribution in [0.3, 0.4) is 0 Å². The van der Waals surface area contributed by atoms with Gasteiger partial charge in [-0.05, 0) is 58.4 Å². The molecule has 1 saturated heterocycles. The smallest absolute Gasteiger partial charge is 0.337 e. The number of aliphatic hydroxyl groups is 1. The Morgan fingerprint density at radius 1 is 0.829 bits per heavy atom. The van der Waals surface area contributed by atoms with Gasteiger partial charge in [-0.25, -0.2) is 4.79 Å². The fourth-order valence-electron chi connectivity index (χ4n) is 5.08. The predicted octanol–water partition coefficient (Wildman–Crippen LogP) is 6.70. The average Bonchev–Trinajstić information content (AvgIpc) is 3.20. The van der Waals surface area contributed by atoms with Gasteiger partial charge in [0.1, 0.15) is 11.5 Å². The van der Waals surface area contributed by atoms with E-state index < -0.39 is 23.7 Å². The van der Waals surface area contributed by atoms with Crippen molar-refractivity contribution >= 4 is 29.1 Å². The van der Waals surface area contributed by atoms with Crippen LogP contribution in [-0.4, -0.2) is 37.0 Å². The lowest BCUT2D eigenvalue weighted by atomic mass is 9.84. The molecule has 1 fully saturated rings. The average molecular weight is 556 g/mol. The number of anilines is 1. The Kier molecular flexibility index (Phi) is 7.85. The topological polar surface area (TPSA) is 93.1 Å². The summed E-state index contributed by atoms with van der Waals surface area (Å²) in [5.41, 5.74) is 3.08. The van der Waals surface area contributed by atoms with Crippen LogP contribution >= 0.6 is 0 Å². The van der Waals surface area contributed by atoms with E-state index in [9.17, 15) is 19.5 Å². The van der Waals surface area contributed by atoms with Crippen LogP contribution in [0.25, 0.3) is 5.76 Å². The summed E-state index contributed by atoms with van der Waals surface area (Å²) >= 11 is 0. The van der Waals surface area contributed by atoms with E-state index in [1.165, 1.54) is 18.1 Å². The summed E-state index contributed by atoms with van der Waals surface area (Å²) < 4.78 is 10.4. The van der Waals surface area contributed by atoms with Gasteiger partial charge in [-0.2, -0.15) is 0 Å². The molecular weight excluding hydrogens is 518 g/mol. The van der Waals surface area contributed by atoms with E-state index in [2.05, 4.69) is 20.8 Å². The number of benzene rings is 3. The van der Waals surface area contributed by atoms with Gasteiger partial charge in [-0.3, -0.25) is 14.5 Å². The van der Waals surface area contributed by atoms with Crippen LogP contribution < -0.4 is 9.64 Å². The zero-order valence-corrected chi connectivity index (χ0v) is 24.9. The summed E-state index contributed by atoms with van der Waals surface area (Å²) in [5.74, 6) is -1.81. The van der Waals surface area contributed by atoms with Crippen molar-refractivity contribution in [3.63, 3.8) is 0 Å². The number of methoxy groups -OCH3 is 2. The maximum atomic E-state index is 13.7. The number of hydrogen-bond acceptors (Lipinski definition) is 6. The fraction of sp³-hybridized carbons (Fsp3) is 0.324. The molecule has 7 nitrogen and oxygen atoms in total. The van der Waals surface area contributed by atoms with Crippen molar-refractivity contribution in [3.8, 4) is 5.75 Å². The monoisotopic (exact) mass is 555 g/mol. The second-order valence-corrected chi connectivity index (χ2v) is 12.2. The van der Waals surface area contributed by atoms with Crippen molar-refractivity contribution in [2.45, 2.75) is 58.4 Å². The Morgan fingerprint density at radius 2 is 1.49 bits per heavy atom. The molecule has 0 saturated carbocycles. The molecule has 1 N–H and O–H groups in total. The molecule has 0 bridgehead atoms. The SMILES string of the molecule is COC(=O)c1cccc(N2C(=O)C(=O)/C(=C(\O)c3ccc(OC)c(C(C)(C)C)c3)C2c2ccc(C(C)(C)C)cc2)c1. The number of aliphatic hydroxyl groups excluding tert-OH is 1. The number of hydrogen-bond donors (Lipinski definition) is 1. The third kappa shape index (κ3) is 5.62. The van der Waals surface area contributed by atoms with Crippen LogP contribution in [0.4, 0.5) is 5.69 Å². The molecule has 0 spiro atoms. The number of ketones is 1. The van der Waals surface area contributed by atoms with Gasteiger partial charge in [0.25, 0.3) is 11.7 Å². The largest absolute Gasteiger partial charge is 0.507 e. The summed E-state index contributed by atoms with van der Waals surface area (Å²) in [6.45, 7) is 12.4. The van der Waals surface area contributed by atoms with Gasteiger partial charge in [-0.1, -0.05) is 71.9 Å². The Hall–Kier alpha value is -4.39. The molecule has 1 aliphatic rings. The normalized spacial score (nSPS) is 17.1. The molecule has 1 atom stereocenters. The van der Waals surface area contributed by atoms with Crippen LogP contribution in [0, 0.1) is 0 Å². The molecule has 1 amide bonds. The fourth-order valence-corrected chi connectivity index (χ4v) is 5.08. The molecule has 0 radical (unpaired) electrons. The van der Waals surface area contributed by atoms with Crippen LogP contribution in [-0.2, 0) is 25.2 Å². The minimum absolute atomic E-state index is 0.0352. The summed E-state index contributed by atoms with van der Waals surface area (Å²) in [6.07, 6.45) is 0. The number of nitrogens with zero attached hydrogens (tertiary/aromatic N) is 1. The van der Waals surface area contributed by atoms with Gasteiger partial charge >= 0.3 is 5.97 Å². The summed E-state index contributed by atoms with van der Waals surface area (Å²) in [6, 6.07) is 18.3. The van der Waals surface area contributed by atoms with E-state index in [4.69, 9.17) is 9.47 Å². The molecule has 7 heteroatoms. The molecule has 1 heterocycles. The Morgan fingerprint density at radius 3 is 2.05 bits per heavy atom. The minimum Gasteiger partial charge on any atom is -0.507 e. The van der Waals surface area contributed by atoms with Crippen molar-refractivity contribution in [3.05, 3.63) is 100 Å². The number of amides is 1. The minimum atomic E-state index is -0.933. The van der Waals surface area contributed by atoms with Crippen molar-refractivity contribution in [1.82, 2.24) is 0 Å². The summed E-state index contributed by atoms with van der Waals surface area (Å²) in [5, 5.41) is 11.7. The van der Waals surface area contributed by atoms with E-state index in [0.29, 0.717) is 22.6 Å². The first-order valence-corrected chi connectivity index (χ1v) is 13.5. The van der Waals surface area contributed by atoms with Crippen LogP contribution in [0.1, 0.15) is 80.2 Å². The zero-order chi connectivity index (χ0) is 30.3. The molecule has 3 aromatic carbocycles. The Labute approximate surface area is 241 Å². The molecule has 0 aliphatic carbocycles. The highest BCUT2D eigenvalue weighted by molar-refractivity contribution is 6.51. The molecule has 1 aliphatic heterocycles. The third-order valence-corrected chi connectivity index (χ3v) is 7.36. The predicted molar refractivity (Wildman–Crippen MR) is 159 cm³/mol. The highest BCUT2D eigenvalue weighted by Crippen LogP contribution is 2.43. The van der Waals surface area contributed by atoms with E-state index in [1.807, 2.05) is 45.0 Å². The van der Waals surface area contributed by atoms with E-state index in [1.54, 1.807) is 43.5 Å². The van der Waals surface area contributed by atoms with Gasteiger partial charge in [0.15, 0.2) is 0 Å².